The molecule has 1 heterocycles. The summed E-state index contributed by atoms with van der Waals surface area (Å²) in [4.78, 5) is 16.0. The number of hydrogen-bond acceptors (Lipinski definition) is 5. The summed E-state index contributed by atoms with van der Waals surface area (Å²) < 4.78 is 22.1. The van der Waals surface area contributed by atoms with Crippen LogP contribution in [0.15, 0.2) is 40.9 Å². The molecule has 0 unspecified atom stereocenters. The highest BCUT2D eigenvalue weighted by molar-refractivity contribution is 7.89. The molecule has 100 valence electrons. The molecule has 0 radical (unpaired) electrons. The number of aromatic nitrogens is 1. The second-order valence-electron chi connectivity index (χ2n) is 3.74. The third-order valence-electron chi connectivity index (χ3n) is 2.36. The second kappa shape index (κ2) is 5.47. The molecular formula is C11H11N3O3S2. The largest absolute Gasteiger partial charge is 0.347 e. The number of nitrogens with zero attached hydrogens (tertiary/aromatic N) is 1. The summed E-state index contributed by atoms with van der Waals surface area (Å²) in [6, 6.07) is 6.02. The van der Waals surface area contributed by atoms with Crippen LogP contribution in [-0.2, 0) is 16.6 Å². The molecular weight excluding hydrogens is 286 g/mol. The van der Waals surface area contributed by atoms with Gasteiger partial charge in [0.15, 0.2) is 0 Å². The van der Waals surface area contributed by atoms with Crippen LogP contribution in [-0.4, -0.2) is 19.3 Å². The smallest absolute Gasteiger partial charge is 0.263 e. The number of nitrogens with two attached hydrogens (primary N) is 1. The Morgan fingerprint density at radius 2 is 2.00 bits per heavy atom. The number of thiazole rings is 1. The van der Waals surface area contributed by atoms with Gasteiger partial charge in [0.05, 0.1) is 16.6 Å². The summed E-state index contributed by atoms with van der Waals surface area (Å²) in [6.45, 7) is 0.307. The molecule has 0 saturated carbocycles. The number of rotatable bonds is 4. The van der Waals surface area contributed by atoms with Crippen LogP contribution in [0.2, 0.25) is 0 Å². The lowest BCUT2D eigenvalue weighted by Gasteiger charge is -2.04. The van der Waals surface area contributed by atoms with Gasteiger partial charge < -0.3 is 5.32 Å². The first-order chi connectivity index (χ1) is 8.97. The average Bonchev–Trinajstić information content (AvgIpc) is 2.89. The summed E-state index contributed by atoms with van der Waals surface area (Å²) in [6.07, 6.45) is 1.49. The Morgan fingerprint density at radius 1 is 1.32 bits per heavy atom. The van der Waals surface area contributed by atoms with Gasteiger partial charge in [-0.1, -0.05) is 12.1 Å². The van der Waals surface area contributed by atoms with Crippen LogP contribution in [0.5, 0.6) is 0 Å². The normalized spacial score (nSPS) is 11.2. The van der Waals surface area contributed by atoms with E-state index in [0.717, 1.165) is 5.56 Å². The molecule has 1 aromatic carbocycles. The Bertz CT molecular complexity index is 664. The van der Waals surface area contributed by atoms with Crippen molar-refractivity contribution in [3.8, 4) is 0 Å². The quantitative estimate of drug-likeness (QED) is 0.868. The predicted molar refractivity (Wildman–Crippen MR) is 71.1 cm³/mol. The van der Waals surface area contributed by atoms with Crippen molar-refractivity contribution in [3.63, 3.8) is 0 Å². The highest BCUT2D eigenvalue weighted by Crippen LogP contribution is 2.09. The van der Waals surface area contributed by atoms with E-state index < -0.39 is 10.0 Å². The number of amides is 1. The third-order valence-corrected chi connectivity index (χ3v) is 4.06. The van der Waals surface area contributed by atoms with Crippen molar-refractivity contribution >= 4 is 27.3 Å². The van der Waals surface area contributed by atoms with E-state index in [9.17, 15) is 13.2 Å². The number of nitrogens with one attached hydrogen (secondary N) is 1. The zero-order valence-electron chi connectivity index (χ0n) is 9.74. The SMILES string of the molecule is NS(=O)(=O)c1ccc(CNC(=O)c2cncs2)cc1. The summed E-state index contributed by atoms with van der Waals surface area (Å²) >= 11 is 1.25. The monoisotopic (exact) mass is 297 g/mol. The van der Waals surface area contributed by atoms with Gasteiger partial charge >= 0.3 is 0 Å². The molecule has 0 spiro atoms. The van der Waals surface area contributed by atoms with Crippen molar-refractivity contribution in [2.45, 2.75) is 11.4 Å². The van der Waals surface area contributed by atoms with Crippen LogP contribution in [0.4, 0.5) is 0 Å². The molecule has 2 aromatic rings. The van der Waals surface area contributed by atoms with E-state index in [-0.39, 0.29) is 10.8 Å². The van der Waals surface area contributed by atoms with E-state index in [2.05, 4.69) is 10.3 Å². The standard InChI is InChI=1S/C11H11N3O3S2/c12-19(16,17)9-3-1-8(2-4-9)5-14-11(15)10-6-13-7-18-10/h1-4,6-7H,5H2,(H,14,15)(H2,12,16,17). The van der Waals surface area contributed by atoms with Crippen molar-refractivity contribution in [2.24, 2.45) is 5.14 Å². The van der Waals surface area contributed by atoms with Gasteiger partial charge in [-0.15, -0.1) is 11.3 Å². The molecule has 0 saturated heterocycles. The first-order valence-corrected chi connectivity index (χ1v) is 7.68. The van der Waals surface area contributed by atoms with Gasteiger partial charge in [0.1, 0.15) is 4.88 Å². The van der Waals surface area contributed by atoms with Crippen LogP contribution in [0.1, 0.15) is 15.2 Å². The summed E-state index contributed by atoms with van der Waals surface area (Å²) in [5.74, 6) is -0.210. The number of carbonyl (C=O) groups is 1. The van der Waals surface area contributed by atoms with Gasteiger partial charge in [-0.2, -0.15) is 0 Å². The van der Waals surface area contributed by atoms with E-state index in [1.54, 1.807) is 17.6 Å². The Hall–Kier alpha value is -1.77. The number of sulfonamides is 1. The van der Waals surface area contributed by atoms with Gasteiger partial charge in [0, 0.05) is 6.54 Å². The van der Waals surface area contributed by atoms with Crippen molar-refractivity contribution < 1.29 is 13.2 Å². The van der Waals surface area contributed by atoms with Gasteiger partial charge in [-0.25, -0.2) is 13.6 Å². The van der Waals surface area contributed by atoms with Crippen LogP contribution < -0.4 is 10.5 Å². The molecule has 0 fully saturated rings. The highest BCUT2D eigenvalue weighted by atomic mass is 32.2. The van der Waals surface area contributed by atoms with E-state index in [1.807, 2.05) is 0 Å². The molecule has 0 atom stereocenters. The van der Waals surface area contributed by atoms with Crippen LogP contribution in [0.25, 0.3) is 0 Å². The summed E-state index contributed by atoms with van der Waals surface area (Å²) in [7, 11) is -3.68. The molecule has 19 heavy (non-hydrogen) atoms. The van der Waals surface area contributed by atoms with E-state index in [4.69, 9.17) is 5.14 Å². The zero-order valence-corrected chi connectivity index (χ0v) is 11.4. The molecule has 0 bridgehead atoms. The molecule has 3 N–H and O–H groups in total. The number of carbonyl (C=O) groups excluding carboxylic acids is 1. The fourth-order valence-electron chi connectivity index (χ4n) is 1.39. The van der Waals surface area contributed by atoms with Crippen LogP contribution >= 0.6 is 11.3 Å². The average molecular weight is 297 g/mol. The maximum atomic E-state index is 11.6. The minimum Gasteiger partial charge on any atom is -0.347 e. The lowest BCUT2D eigenvalue weighted by molar-refractivity contribution is 0.0954. The molecule has 8 heteroatoms. The fourth-order valence-corrected chi connectivity index (χ4v) is 2.45. The third kappa shape index (κ3) is 3.60. The molecule has 6 nitrogen and oxygen atoms in total. The fraction of sp³-hybridized carbons (Fsp3) is 0.0909. The topological polar surface area (TPSA) is 102 Å². The summed E-state index contributed by atoms with van der Waals surface area (Å²) in [5.41, 5.74) is 2.36. The minimum atomic E-state index is -3.68. The number of primary sulfonamides is 1. The van der Waals surface area contributed by atoms with Crippen LogP contribution in [0.3, 0.4) is 0 Å². The van der Waals surface area contributed by atoms with Gasteiger partial charge in [0.2, 0.25) is 10.0 Å². The molecule has 2 rings (SSSR count). The van der Waals surface area contributed by atoms with Crippen molar-refractivity contribution in [1.82, 2.24) is 10.3 Å². The zero-order chi connectivity index (χ0) is 13.9. The summed E-state index contributed by atoms with van der Waals surface area (Å²) in [5, 5.41) is 7.70. The predicted octanol–water partition coefficient (Wildman–Crippen LogP) is 0.720. The van der Waals surface area contributed by atoms with Crippen molar-refractivity contribution in [3.05, 3.63) is 46.4 Å². The van der Waals surface area contributed by atoms with Gasteiger partial charge in [-0.05, 0) is 17.7 Å². The van der Waals surface area contributed by atoms with Crippen LogP contribution in [0, 0.1) is 0 Å². The first kappa shape index (κ1) is 13.7. The molecule has 1 aromatic heterocycles. The van der Waals surface area contributed by atoms with Gasteiger partial charge in [0.25, 0.3) is 5.91 Å². The Kier molecular flexibility index (Phi) is 3.93. The Balaban J connectivity index is 1.99. The maximum Gasteiger partial charge on any atom is 0.263 e. The lowest BCUT2D eigenvalue weighted by atomic mass is 10.2. The molecule has 1 amide bonds. The molecule has 0 aliphatic heterocycles. The lowest BCUT2D eigenvalue weighted by Crippen LogP contribution is -2.21. The second-order valence-corrected chi connectivity index (χ2v) is 6.19. The van der Waals surface area contributed by atoms with E-state index >= 15 is 0 Å². The van der Waals surface area contributed by atoms with Crippen molar-refractivity contribution in [2.75, 3.05) is 0 Å². The molecule has 0 aliphatic carbocycles. The Labute approximate surface area is 114 Å². The van der Waals surface area contributed by atoms with Crippen molar-refractivity contribution in [1.29, 1.82) is 0 Å². The van der Waals surface area contributed by atoms with E-state index in [0.29, 0.717) is 11.4 Å². The minimum absolute atomic E-state index is 0.0463. The van der Waals surface area contributed by atoms with E-state index in [1.165, 1.54) is 29.7 Å². The maximum absolute atomic E-state index is 11.6. The Morgan fingerprint density at radius 3 is 2.53 bits per heavy atom. The van der Waals surface area contributed by atoms with Gasteiger partial charge in [-0.3, -0.25) is 9.78 Å². The highest BCUT2D eigenvalue weighted by Gasteiger charge is 2.08. The number of hydrogen-bond donors (Lipinski definition) is 2. The number of benzene rings is 1. The first-order valence-electron chi connectivity index (χ1n) is 5.25. The molecule has 0 aliphatic rings.